The number of nitrogens with zero attached hydrogens (tertiary/aromatic N) is 4. The Kier molecular flexibility index (Phi) is 13.4. The molecule has 2 atom stereocenters. The van der Waals surface area contributed by atoms with Gasteiger partial charge in [-0.05, 0) is 76.9 Å². The maximum Gasteiger partial charge on any atom is 0.0547 e. The van der Waals surface area contributed by atoms with E-state index in [1.54, 1.807) is 0 Å². The summed E-state index contributed by atoms with van der Waals surface area (Å²) in [6.45, 7) is 8.54. The summed E-state index contributed by atoms with van der Waals surface area (Å²) in [6, 6.07) is 14.1. The predicted molar refractivity (Wildman–Crippen MR) is 134 cm³/mol. The highest BCUT2D eigenvalue weighted by Gasteiger charge is 2.37. The number of likely N-dealkylation sites (tertiary alicyclic amines) is 2. The fourth-order valence-electron chi connectivity index (χ4n) is 4.76. The van der Waals surface area contributed by atoms with E-state index in [2.05, 4.69) is 60.0 Å². The summed E-state index contributed by atoms with van der Waals surface area (Å²) >= 11 is 0. The summed E-state index contributed by atoms with van der Waals surface area (Å²) in [5, 5.41) is 0. The molecule has 4 rings (SSSR count). The molecule has 0 aliphatic carbocycles. The average Bonchev–Trinajstić information content (AvgIpc) is 3.24. The monoisotopic (exact) mass is 494 g/mol. The van der Waals surface area contributed by atoms with Gasteiger partial charge >= 0.3 is 0 Å². The van der Waals surface area contributed by atoms with Crippen LogP contribution in [0.4, 0.5) is 0 Å². The lowest BCUT2D eigenvalue weighted by Crippen LogP contribution is -2.45. The van der Waals surface area contributed by atoms with Crippen molar-refractivity contribution in [3.05, 3.63) is 59.2 Å². The van der Waals surface area contributed by atoms with Gasteiger partial charge in [0, 0.05) is 36.6 Å². The minimum Gasteiger partial charge on any atom is -0.293 e. The number of pyridine rings is 2. The van der Waals surface area contributed by atoms with Crippen LogP contribution < -0.4 is 0 Å². The Morgan fingerprint density at radius 3 is 1.47 bits per heavy atom. The van der Waals surface area contributed by atoms with Crippen LogP contribution in [0.15, 0.2) is 36.4 Å². The Bertz CT molecular complexity index is 698. The first kappa shape index (κ1) is 29.4. The van der Waals surface area contributed by atoms with Gasteiger partial charge in [0.2, 0.25) is 0 Å². The molecule has 0 spiro atoms. The fourth-order valence-corrected chi connectivity index (χ4v) is 4.76. The largest absolute Gasteiger partial charge is 0.293 e. The van der Waals surface area contributed by atoms with Crippen molar-refractivity contribution in [1.29, 1.82) is 0 Å². The molecule has 0 N–H and O–H groups in total. The van der Waals surface area contributed by atoms with Crippen LogP contribution in [0.1, 0.15) is 48.5 Å². The maximum atomic E-state index is 4.73. The summed E-state index contributed by atoms with van der Waals surface area (Å²) in [5.74, 6) is 0. The average molecular weight is 496 g/mol. The highest BCUT2D eigenvalue weighted by Crippen LogP contribution is 2.31. The minimum atomic E-state index is 0. The summed E-state index contributed by atoms with van der Waals surface area (Å²) in [7, 11) is 0. The number of aryl methyl sites for hydroxylation is 2. The molecule has 8 heteroatoms. The Morgan fingerprint density at radius 2 is 1.10 bits per heavy atom. The molecule has 0 radical (unpaired) electrons. The van der Waals surface area contributed by atoms with Crippen LogP contribution >= 0.6 is 49.6 Å². The van der Waals surface area contributed by atoms with Crippen LogP contribution in [0.25, 0.3) is 0 Å². The van der Waals surface area contributed by atoms with Gasteiger partial charge in [0.1, 0.15) is 0 Å². The van der Waals surface area contributed by atoms with E-state index < -0.39 is 0 Å². The van der Waals surface area contributed by atoms with E-state index in [0.717, 1.165) is 24.5 Å². The smallest absolute Gasteiger partial charge is 0.0547 e. The van der Waals surface area contributed by atoms with Gasteiger partial charge in [-0.3, -0.25) is 19.8 Å². The van der Waals surface area contributed by atoms with E-state index >= 15 is 0 Å². The quantitative estimate of drug-likeness (QED) is 0.555. The maximum absolute atomic E-state index is 4.73. The second-order valence-corrected chi connectivity index (χ2v) is 7.90. The molecule has 2 aromatic rings. The Balaban J connectivity index is 0.00000210. The first-order valence-corrected chi connectivity index (χ1v) is 10.0. The summed E-state index contributed by atoms with van der Waals surface area (Å²) in [5.41, 5.74) is 4.65. The van der Waals surface area contributed by atoms with Gasteiger partial charge in [-0.15, -0.1) is 49.6 Å². The van der Waals surface area contributed by atoms with E-state index in [1.807, 2.05) is 0 Å². The van der Waals surface area contributed by atoms with Crippen LogP contribution in [-0.4, -0.2) is 44.9 Å². The number of rotatable bonds is 5. The Hall–Kier alpha value is -0.620. The third-order valence-electron chi connectivity index (χ3n) is 5.89. The summed E-state index contributed by atoms with van der Waals surface area (Å²) in [4.78, 5) is 14.8. The lowest BCUT2D eigenvalue weighted by Gasteiger charge is -2.35. The van der Waals surface area contributed by atoms with Crippen molar-refractivity contribution in [2.24, 2.45) is 0 Å². The van der Waals surface area contributed by atoms with E-state index in [0.29, 0.717) is 12.1 Å². The van der Waals surface area contributed by atoms with Crippen molar-refractivity contribution in [2.45, 2.75) is 64.7 Å². The standard InChI is InChI=1S/C22H30N4.4ClH/c1-17-7-3-9-19(23-17)15-25-13-5-11-21(25)22-12-6-14-26(22)16-20-10-4-8-18(2)24-20;;;;/h3-4,7-10,21-22H,5-6,11-16H2,1-2H3;4*1H. The number of halogens is 4. The molecule has 2 aliphatic heterocycles. The van der Waals surface area contributed by atoms with Crippen LogP contribution in [0.3, 0.4) is 0 Å². The van der Waals surface area contributed by atoms with Crippen LogP contribution in [-0.2, 0) is 13.1 Å². The molecule has 170 valence electrons. The topological polar surface area (TPSA) is 32.3 Å². The van der Waals surface area contributed by atoms with Gasteiger partial charge in [-0.2, -0.15) is 0 Å². The van der Waals surface area contributed by atoms with Gasteiger partial charge in [0.15, 0.2) is 0 Å². The second-order valence-electron chi connectivity index (χ2n) is 7.90. The number of aromatic nitrogens is 2. The van der Waals surface area contributed by atoms with Crippen LogP contribution in [0.5, 0.6) is 0 Å². The van der Waals surface area contributed by atoms with Crippen molar-refractivity contribution < 1.29 is 0 Å². The van der Waals surface area contributed by atoms with E-state index in [1.165, 1.54) is 50.2 Å². The van der Waals surface area contributed by atoms with E-state index in [-0.39, 0.29) is 49.6 Å². The normalized spacial score (nSPS) is 21.1. The number of hydrogen-bond donors (Lipinski definition) is 0. The highest BCUT2D eigenvalue weighted by molar-refractivity contribution is 5.86. The van der Waals surface area contributed by atoms with Crippen molar-refractivity contribution in [3.8, 4) is 0 Å². The van der Waals surface area contributed by atoms with Gasteiger partial charge in [-0.25, -0.2) is 0 Å². The molecule has 2 aromatic heterocycles. The molecule has 2 saturated heterocycles. The minimum absolute atomic E-state index is 0. The van der Waals surface area contributed by atoms with Crippen LogP contribution in [0, 0.1) is 13.8 Å². The molecule has 2 aliphatic rings. The molecule has 0 aromatic carbocycles. The van der Waals surface area contributed by atoms with Crippen molar-refractivity contribution in [2.75, 3.05) is 13.1 Å². The molecule has 0 amide bonds. The Morgan fingerprint density at radius 1 is 0.700 bits per heavy atom. The molecule has 4 heterocycles. The van der Waals surface area contributed by atoms with E-state index in [9.17, 15) is 0 Å². The molecule has 4 nitrogen and oxygen atoms in total. The summed E-state index contributed by atoms with van der Waals surface area (Å²) in [6.07, 6.45) is 5.25. The summed E-state index contributed by atoms with van der Waals surface area (Å²) < 4.78 is 0. The molecule has 2 fully saturated rings. The van der Waals surface area contributed by atoms with Gasteiger partial charge < -0.3 is 0 Å². The molecule has 0 saturated carbocycles. The second kappa shape index (κ2) is 13.7. The van der Waals surface area contributed by atoms with Crippen molar-refractivity contribution in [3.63, 3.8) is 0 Å². The SMILES string of the molecule is Cc1cccc(CN2CCCC2C2CCCN2Cc2cccc(C)n2)n1.Cl.Cl.Cl.Cl. The number of hydrogen-bond acceptors (Lipinski definition) is 4. The first-order valence-electron chi connectivity index (χ1n) is 10.0. The third-order valence-corrected chi connectivity index (χ3v) is 5.89. The molecular weight excluding hydrogens is 462 g/mol. The molecular formula is C22H34Cl4N4. The zero-order chi connectivity index (χ0) is 17.9. The molecule has 0 bridgehead atoms. The highest BCUT2D eigenvalue weighted by atomic mass is 35.5. The Labute approximate surface area is 205 Å². The molecule has 2 unspecified atom stereocenters. The predicted octanol–water partition coefficient (Wildman–Crippen LogP) is 5.41. The van der Waals surface area contributed by atoms with Gasteiger partial charge in [0.25, 0.3) is 0 Å². The van der Waals surface area contributed by atoms with Gasteiger partial charge in [0.05, 0.1) is 11.4 Å². The fraction of sp³-hybridized carbons (Fsp3) is 0.545. The van der Waals surface area contributed by atoms with Crippen LogP contribution in [0.2, 0.25) is 0 Å². The van der Waals surface area contributed by atoms with Crippen molar-refractivity contribution in [1.82, 2.24) is 19.8 Å². The lowest BCUT2D eigenvalue weighted by atomic mass is 10.0. The van der Waals surface area contributed by atoms with Gasteiger partial charge in [-0.1, -0.05) is 12.1 Å². The first-order chi connectivity index (χ1) is 12.7. The third kappa shape index (κ3) is 7.22. The van der Waals surface area contributed by atoms with Crippen molar-refractivity contribution >= 4 is 49.6 Å². The zero-order valence-corrected chi connectivity index (χ0v) is 21.0. The van der Waals surface area contributed by atoms with E-state index in [4.69, 9.17) is 9.97 Å². The molecule has 30 heavy (non-hydrogen) atoms. The lowest BCUT2D eigenvalue weighted by molar-refractivity contribution is 0.122. The zero-order valence-electron chi connectivity index (χ0n) is 17.7.